The van der Waals surface area contributed by atoms with Gasteiger partial charge in [-0.05, 0) is 12.2 Å². The predicted molar refractivity (Wildman–Crippen MR) is 88.8 cm³/mol. The first kappa shape index (κ1) is 17.6. The molecule has 0 amide bonds. The van der Waals surface area contributed by atoms with Crippen LogP contribution in [0.3, 0.4) is 0 Å². The summed E-state index contributed by atoms with van der Waals surface area (Å²) in [4.78, 5) is 6.80. The first-order valence-corrected chi connectivity index (χ1v) is 8.83. The van der Waals surface area contributed by atoms with Crippen LogP contribution in [0.2, 0.25) is 0 Å². The van der Waals surface area contributed by atoms with E-state index in [0.29, 0.717) is 12.0 Å². The summed E-state index contributed by atoms with van der Waals surface area (Å²) < 4.78 is 5.44. The Morgan fingerprint density at radius 1 is 1.30 bits per heavy atom. The standard InChI is InChI=1S/C14H30N4OS/c1-12(2)13(18-6-8-19-9-7-18)11-17-14(15-3)16-5-10-20-4/h12-13H,5-11H2,1-4H3,(H2,15,16,17). The molecule has 1 atom stereocenters. The first-order valence-electron chi connectivity index (χ1n) is 7.44. The highest BCUT2D eigenvalue weighted by Crippen LogP contribution is 2.12. The van der Waals surface area contributed by atoms with Gasteiger partial charge in [-0.3, -0.25) is 9.89 Å². The molecule has 0 spiro atoms. The molecule has 0 bridgehead atoms. The molecule has 1 fully saturated rings. The van der Waals surface area contributed by atoms with Gasteiger partial charge in [-0.15, -0.1) is 0 Å². The van der Waals surface area contributed by atoms with Crippen molar-refractivity contribution in [2.45, 2.75) is 19.9 Å². The van der Waals surface area contributed by atoms with Crippen LogP contribution in [0.1, 0.15) is 13.8 Å². The van der Waals surface area contributed by atoms with Gasteiger partial charge >= 0.3 is 0 Å². The number of nitrogens with zero attached hydrogens (tertiary/aromatic N) is 2. The van der Waals surface area contributed by atoms with Crippen molar-refractivity contribution in [3.05, 3.63) is 0 Å². The average molecular weight is 302 g/mol. The fourth-order valence-corrected chi connectivity index (χ4v) is 2.70. The minimum atomic E-state index is 0.526. The highest BCUT2D eigenvalue weighted by Gasteiger charge is 2.23. The van der Waals surface area contributed by atoms with E-state index in [4.69, 9.17) is 4.74 Å². The Morgan fingerprint density at radius 3 is 2.55 bits per heavy atom. The molecule has 0 saturated carbocycles. The van der Waals surface area contributed by atoms with Gasteiger partial charge in [-0.2, -0.15) is 11.8 Å². The van der Waals surface area contributed by atoms with Gasteiger partial charge in [0.25, 0.3) is 0 Å². The second kappa shape index (κ2) is 10.3. The smallest absolute Gasteiger partial charge is 0.191 e. The van der Waals surface area contributed by atoms with Crippen LogP contribution in [-0.2, 0) is 4.74 Å². The molecular weight excluding hydrogens is 272 g/mol. The minimum Gasteiger partial charge on any atom is -0.379 e. The van der Waals surface area contributed by atoms with Crippen LogP contribution in [0.4, 0.5) is 0 Å². The lowest BCUT2D eigenvalue weighted by Gasteiger charge is -2.37. The van der Waals surface area contributed by atoms with E-state index in [1.165, 1.54) is 0 Å². The van der Waals surface area contributed by atoms with Crippen molar-refractivity contribution in [3.63, 3.8) is 0 Å². The molecule has 6 heteroatoms. The van der Waals surface area contributed by atoms with Crippen LogP contribution in [-0.4, -0.2) is 75.4 Å². The normalized spacial score (nSPS) is 19.1. The number of aliphatic imine (C=N–C) groups is 1. The van der Waals surface area contributed by atoms with Crippen molar-refractivity contribution in [1.82, 2.24) is 15.5 Å². The van der Waals surface area contributed by atoms with Crippen molar-refractivity contribution in [2.75, 3.05) is 58.4 Å². The van der Waals surface area contributed by atoms with Gasteiger partial charge in [0.15, 0.2) is 5.96 Å². The number of hydrogen-bond donors (Lipinski definition) is 2. The molecule has 0 aliphatic carbocycles. The van der Waals surface area contributed by atoms with Gasteiger partial charge in [-0.25, -0.2) is 0 Å². The van der Waals surface area contributed by atoms with E-state index in [9.17, 15) is 0 Å². The second-order valence-electron chi connectivity index (χ2n) is 5.33. The first-order chi connectivity index (χ1) is 9.69. The van der Waals surface area contributed by atoms with Gasteiger partial charge in [0.2, 0.25) is 0 Å². The largest absolute Gasteiger partial charge is 0.379 e. The summed E-state index contributed by atoms with van der Waals surface area (Å²) in [7, 11) is 1.83. The second-order valence-corrected chi connectivity index (χ2v) is 6.32. The van der Waals surface area contributed by atoms with Crippen LogP contribution < -0.4 is 10.6 Å². The number of morpholine rings is 1. The molecule has 20 heavy (non-hydrogen) atoms. The zero-order chi connectivity index (χ0) is 14.8. The Hall–Kier alpha value is -0.460. The zero-order valence-corrected chi connectivity index (χ0v) is 14.1. The lowest BCUT2D eigenvalue weighted by Crippen LogP contribution is -2.52. The molecular formula is C14H30N4OS. The molecule has 2 N–H and O–H groups in total. The van der Waals surface area contributed by atoms with Crippen LogP contribution in [0, 0.1) is 5.92 Å². The molecule has 1 saturated heterocycles. The summed E-state index contributed by atoms with van der Waals surface area (Å²) in [6.45, 7) is 10.2. The fraction of sp³-hybridized carbons (Fsp3) is 0.929. The minimum absolute atomic E-state index is 0.526. The number of rotatable bonds is 7. The lowest BCUT2D eigenvalue weighted by molar-refractivity contribution is 0.00752. The van der Waals surface area contributed by atoms with Crippen molar-refractivity contribution in [1.29, 1.82) is 0 Å². The molecule has 0 aromatic heterocycles. The Bertz CT molecular complexity index is 280. The Morgan fingerprint density at radius 2 is 2.00 bits per heavy atom. The van der Waals surface area contributed by atoms with Gasteiger partial charge in [0.1, 0.15) is 0 Å². The molecule has 1 heterocycles. The van der Waals surface area contributed by atoms with Crippen LogP contribution in [0.25, 0.3) is 0 Å². The number of guanidine groups is 1. The van der Waals surface area contributed by atoms with Crippen LogP contribution in [0.15, 0.2) is 4.99 Å². The molecule has 1 aliphatic rings. The third kappa shape index (κ3) is 6.33. The summed E-state index contributed by atoms with van der Waals surface area (Å²) in [5, 5.41) is 6.80. The molecule has 0 aromatic carbocycles. The maximum Gasteiger partial charge on any atom is 0.191 e. The predicted octanol–water partition coefficient (Wildman–Crippen LogP) is 0.871. The van der Waals surface area contributed by atoms with Crippen LogP contribution >= 0.6 is 11.8 Å². The van der Waals surface area contributed by atoms with Gasteiger partial charge in [0.05, 0.1) is 13.2 Å². The number of nitrogens with one attached hydrogen (secondary N) is 2. The highest BCUT2D eigenvalue weighted by atomic mass is 32.2. The fourth-order valence-electron chi connectivity index (χ4n) is 2.39. The van der Waals surface area contributed by atoms with E-state index in [0.717, 1.165) is 51.1 Å². The summed E-state index contributed by atoms with van der Waals surface area (Å²) in [6, 6.07) is 0.526. The summed E-state index contributed by atoms with van der Waals surface area (Å²) >= 11 is 1.84. The van der Waals surface area contributed by atoms with E-state index < -0.39 is 0 Å². The Kier molecular flexibility index (Phi) is 9.05. The van der Waals surface area contributed by atoms with Gasteiger partial charge < -0.3 is 15.4 Å². The third-order valence-electron chi connectivity index (χ3n) is 3.59. The van der Waals surface area contributed by atoms with E-state index >= 15 is 0 Å². The number of thioether (sulfide) groups is 1. The average Bonchev–Trinajstić information content (AvgIpc) is 2.46. The van der Waals surface area contributed by atoms with Gasteiger partial charge in [-0.1, -0.05) is 13.8 Å². The van der Waals surface area contributed by atoms with E-state index in [-0.39, 0.29) is 0 Å². The maximum absolute atomic E-state index is 5.44. The van der Waals surface area contributed by atoms with Crippen molar-refractivity contribution >= 4 is 17.7 Å². The molecule has 1 unspecified atom stereocenters. The molecule has 0 radical (unpaired) electrons. The zero-order valence-electron chi connectivity index (χ0n) is 13.3. The summed E-state index contributed by atoms with van der Waals surface area (Å²) in [5.74, 6) is 2.61. The lowest BCUT2D eigenvalue weighted by atomic mass is 10.0. The molecule has 0 aromatic rings. The third-order valence-corrected chi connectivity index (χ3v) is 4.20. The quantitative estimate of drug-likeness (QED) is 0.415. The van der Waals surface area contributed by atoms with E-state index in [2.05, 4.69) is 40.6 Å². The Labute approximate surface area is 127 Å². The van der Waals surface area contributed by atoms with Gasteiger partial charge in [0, 0.05) is 45.0 Å². The van der Waals surface area contributed by atoms with Crippen molar-refractivity contribution in [3.8, 4) is 0 Å². The number of ether oxygens (including phenoxy) is 1. The molecule has 1 aliphatic heterocycles. The summed E-state index contributed by atoms with van der Waals surface area (Å²) in [5.41, 5.74) is 0. The molecule has 5 nitrogen and oxygen atoms in total. The topological polar surface area (TPSA) is 48.9 Å². The van der Waals surface area contributed by atoms with Crippen LogP contribution in [0.5, 0.6) is 0 Å². The van der Waals surface area contributed by atoms with E-state index in [1.807, 2.05) is 18.8 Å². The number of hydrogen-bond acceptors (Lipinski definition) is 4. The SMILES string of the molecule is CN=C(NCCSC)NCC(C(C)C)N1CCOCC1. The summed E-state index contributed by atoms with van der Waals surface area (Å²) in [6.07, 6.45) is 2.12. The highest BCUT2D eigenvalue weighted by molar-refractivity contribution is 7.98. The monoisotopic (exact) mass is 302 g/mol. The van der Waals surface area contributed by atoms with Crippen molar-refractivity contribution < 1.29 is 4.74 Å². The maximum atomic E-state index is 5.44. The molecule has 118 valence electrons. The Balaban J connectivity index is 2.40. The van der Waals surface area contributed by atoms with Crippen molar-refractivity contribution in [2.24, 2.45) is 10.9 Å². The molecule has 1 rings (SSSR count). The van der Waals surface area contributed by atoms with E-state index in [1.54, 1.807) is 0 Å².